The van der Waals surface area contributed by atoms with Gasteiger partial charge in [0.15, 0.2) is 0 Å². The van der Waals surface area contributed by atoms with Crippen molar-refractivity contribution in [1.82, 2.24) is 13.7 Å². The Kier molecular flexibility index (Phi) is 5.33. The Morgan fingerprint density at radius 2 is 1.93 bits per heavy atom. The summed E-state index contributed by atoms with van der Waals surface area (Å²) in [7, 11) is -4.10. The normalized spacial score (nSPS) is 15.2. The number of amides is 1. The minimum Gasteiger partial charge on any atom is -0.379 e. The summed E-state index contributed by atoms with van der Waals surface area (Å²) in [5.41, 5.74) is -0.410. The zero-order valence-electron chi connectivity index (χ0n) is 15.6. The molecule has 1 aliphatic heterocycles. The molecule has 2 aromatic heterocycles. The van der Waals surface area contributed by atoms with Crippen molar-refractivity contribution in [3.8, 4) is 0 Å². The fourth-order valence-corrected chi connectivity index (χ4v) is 4.58. The summed E-state index contributed by atoms with van der Waals surface area (Å²) >= 11 is 0. The highest BCUT2D eigenvalue weighted by Crippen LogP contribution is 2.24. The van der Waals surface area contributed by atoms with Crippen molar-refractivity contribution in [1.29, 1.82) is 0 Å². The van der Waals surface area contributed by atoms with Crippen molar-refractivity contribution < 1.29 is 22.3 Å². The van der Waals surface area contributed by atoms with Crippen LogP contribution in [0.5, 0.6) is 0 Å². The van der Waals surface area contributed by atoms with Gasteiger partial charge in [0, 0.05) is 31.2 Å². The minimum absolute atomic E-state index is 0.0331. The number of rotatable bonds is 4. The van der Waals surface area contributed by atoms with Crippen LogP contribution in [-0.4, -0.2) is 54.3 Å². The maximum absolute atomic E-state index is 14.3. The van der Waals surface area contributed by atoms with Crippen LogP contribution in [0.15, 0.2) is 58.5 Å². The van der Waals surface area contributed by atoms with Gasteiger partial charge in [-0.3, -0.25) is 14.0 Å². The van der Waals surface area contributed by atoms with E-state index >= 15 is 0 Å². The topological polar surface area (TPSA) is 110 Å². The number of pyridine rings is 1. The molecule has 1 amide bonds. The molecule has 30 heavy (non-hydrogen) atoms. The van der Waals surface area contributed by atoms with E-state index in [1.54, 1.807) is 18.2 Å². The highest BCUT2D eigenvalue weighted by atomic mass is 32.2. The van der Waals surface area contributed by atoms with E-state index in [9.17, 15) is 22.4 Å². The number of carbonyl (C=O) groups is 1. The third-order valence-electron chi connectivity index (χ3n) is 4.64. The Balaban J connectivity index is 1.64. The lowest BCUT2D eigenvalue weighted by molar-refractivity contribution is 0.0729. The first kappa shape index (κ1) is 20.1. The number of benzene rings is 1. The molecule has 3 heterocycles. The van der Waals surface area contributed by atoms with Gasteiger partial charge < -0.3 is 10.1 Å². The summed E-state index contributed by atoms with van der Waals surface area (Å²) in [6, 6.07) is 8.15. The second-order valence-corrected chi connectivity index (χ2v) is 8.43. The van der Waals surface area contributed by atoms with Crippen LogP contribution in [0.3, 0.4) is 0 Å². The van der Waals surface area contributed by atoms with Crippen molar-refractivity contribution in [2.45, 2.75) is 4.90 Å². The van der Waals surface area contributed by atoms with Crippen LogP contribution < -0.4 is 10.9 Å². The molecule has 0 spiro atoms. The first-order valence-electron chi connectivity index (χ1n) is 9.03. The van der Waals surface area contributed by atoms with Gasteiger partial charge >= 0.3 is 0 Å². The lowest BCUT2D eigenvalue weighted by atomic mass is 10.2. The van der Waals surface area contributed by atoms with E-state index in [0.29, 0.717) is 5.65 Å². The number of morpholine rings is 1. The zero-order valence-corrected chi connectivity index (χ0v) is 16.4. The number of hydrogen-bond acceptors (Lipinski definition) is 6. The maximum Gasteiger partial charge on any atom is 0.270 e. The molecule has 0 radical (unpaired) electrons. The summed E-state index contributed by atoms with van der Waals surface area (Å²) < 4.78 is 47.3. The van der Waals surface area contributed by atoms with E-state index in [1.807, 2.05) is 0 Å². The SMILES string of the molecule is O=C(Nc1ccc(F)c(S(=O)(=O)N2CCOCC2)c1)c1cnc2ccccn2c1=O. The van der Waals surface area contributed by atoms with Crippen LogP contribution >= 0.6 is 0 Å². The van der Waals surface area contributed by atoms with E-state index < -0.39 is 32.2 Å². The van der Waals surface area contributed by atoms with Gasteiger partial charge in [-0.25, -0.2) is 17.8 Å². The van der Waals surface area contributed by atoms with E-state index in [4.69, 9.17) is 4.74 Å². The van der Waals surface area contributed by atoms with Gasteiger partial charge in [-0.2, -0.15) is 4.31 Å². The number of aromatic nitrogens is 2. The minimum atomic E-state index is -4.10. The van der Waals surface area contributed by atoms with E-state index in [1.165, 1.54) is 16.7 Å². The summed E-state index contributed by atoms with van der Waals surface area (Å²) in [6.07, 6.45) is 2.62. The Morgan fingerprint density at radius 1 is 1.17 bits per heavy atom. The molecule has 1 aliphatic rings. The van der Waals surface area contributed by atoms with Crippen LogP contribution in [-0.2, 0) is 14.8 Å². The van der Waals surface area contributed by atoms with Gasteiger partial charge in [0.25, 0.3) is 11.5 Å². The number of fused-ring (bicyclic) bond motifs is 1. The molecule has 1 aromatic carbocycles. The van der Waals surface area contributed by atoms with Gasteiger partial charge in [-0.15, -0.1) is 0 Å². The second kappa shape index (κ2) is 7.94. The number of nitrogens with zero attached hydrogens (tertiary/aromatic N) is 3. The fourth-order valence-electron chi connectivity index (χ4n) is 3.09. The molecule has 4 rings (SSSR count). The number of sulfonamides is 1. The lowest BCUT2D eigenvalue weighted by Gasteiger charge is -2.26. The monoisotopic (exact) mass is 432 g/mol. The number of ether oxygens (including phenoxy) is 1. The van der Waals surface area contributed by atoms with E-state index in [-0.39, 0.29) is 37.6 Å². The molecule has 1 fully saturated rings. The number of anilines is 1. The third kappa shape index (κ3) is 3.70. The molecule has 0 aliphatic carbocycles. The zero-order chi connectivity index (χ0) is 21.3. The summed E-state index contributed by atoms with van der Waals surface area (Å²) in [5.74, 6) is -1.72. The Labute approximate surface area is 170 Å². The predicted octanol–water partition coefficient (Wildman–Crippen LogP) is 1.11. The molecule has 1 N–H and O–H groups in total. The Morgan fingerprint density at radius 3 is 2.70 bits per heavy atom. The Hall–Kier alpha value is -3.15. The highest BCUT2D eigenvalue weighted by molar-refractivity contribution is 7.89. The van der Waals surface area contributed by atoms with Gasteiger partial charge in [0.2, 0.25) is 10.0 Å². The molecule has 3 aromatic rings. The van der Waals surface area contributed by atoms with Gasteiger partial charge in [0.1, 0.15) is 21.9 Å². The molecule has 0 bridgehead atoms. The molecule has 0 saturated carbocycles. The van der Waals surface area contributed by atoms with Crippen molar-refractivity contribution in [2.24, 2.45) is 0 Å². The maximum atomic E-state index is 14.3. The number of carbonyl (C=O) groups excluding carboxylic acids is 1. The molecule has 0 atom stereocenters. The third-order valence-corrected chi connectivity index (χ3v) is 6.55. The van der Waals surface area contributed by atoms with Crippen LogP contribution in [0.1, 0.15) is 10.4 Å². The molecule has 0 unspecified atom stereocenters. The standard InChI is InChI=1S/C19H17FN4O5S/c20-15-5-4-13(11-16(15)30(27,28)23-7-9-29-10-8-23)22-18(25)14-12-21-17-3-1-2-6-24(17)19(14)26/h1-6,11-12H,7-10H2,(H,22,25). The highest BCUT2D eigenvalue weighted by Gasteiger charge is 2.29. The van der Waals surface area contributed by atoms with Gasteiger partial charge in [-0.1, -0.05) is 6.07 Å². The number of nitrogens with one attached hydrogen (secondary N) is 1. The first-order chi connectivity index (χ1) is 14.4. The molecule has 156 valence electrons. The summed E-state index contributed by atoms with van der Waals surface area (Å²) in [4.78, 5) is 28.6. The quantitative estimate of drug-likeness (QED) is 0.661. The molecule has 1 saturated heterocycles. The average molecular weight is 432 g/mol. The molecular weight excluding hydrogens is 415 g/mol. The molecule has 11 heteroatoms. The van der Waals surface area contributed by atoms with Crippen molar-refractivity contribution in [2.75, 3.05) is 31.6 Å². The van der Waals surface area contributed by atoms with Crippen molar-refractivity contribution in [3.05, 3.63) is 70.5 Å². The predicted molar refractivity (Wildman–Crippen MR) is 105 cm³/mol. The van der Waals surface area contributed by atoms with Gasteiger partial charge in [0.05, 0.1) is 13.2 Å². The molecule has 9 nitrogen and oxygen atoms in total. The van der Waals surface area contributed by atoms with Crippen molar-refractivity contribution in [3.63, 3.8) is 0 Å². The summed E-state index contributed by atoms with van der Waals surface area (Å²) in [5, 5.41) is 2.44. The molecular formula is C19H17FN4O5S. The smallest absolute Gasteiger partial charge is 0.270 e. The average Bonchev–Trinajstić information content (AvgIpc) is 2.76. The van der Waals surface area contributed by atoms with Crippen LogP contribution in [0.2, 0.25) is 0 Å². The van der Waals surface area contributed by atoms with Crippen LogP contribution in [0.4, 0.5) is 10.1 Å². The van der Waals surface area contributed by atoms with Crippen molar-refractivity contribution >= 4 is 27.3 Å². The fraction of sp³-hybridized carbons (Fsp3) is 0.211. The largest absolute Gasteiger partial charge is 0.379 e. The second-order valence-electron chi connectivity index (χ2n) is 6.52. The number of halogens is 1. The lowest BCUT2D eigenvalue weighted by Crippen LogP contribution is -2.40. The van der Waals surface area contributed by atoms with Gasteiger partial charge in [-0.05, 0) is 30.3 Å². The first-order valence-corrected chi connectivity index (χ1v) is 10.5. The van der Waals surface area contributed by atoms with E-state index in [0.717, 1.165) is 22.6 Å². The van der Waals surface area contributed by atoms with Crippen LogP contribution in [0, 0.1) is 5.82 Å². The number of hydrogen-bond donors (Lipinski definition) is 1. The Bertz CT molecular complexity index is 1290. The van der Waals surface area contributed by atoms with Crippen LogP contribution in [0.25, 0.3) is 5.65 Å². The summed E-state index contributed by atoms with van der Waals surface area (Å²) in [6.45, 7) is 0.655. The van der Waals surface area contributed by atoms with E-state index in [2.05, 4.69) is 10.3 Å².